The Balaban J connectivity index is 2.14. The number of aryl methyl sites for hydroxylation is 1. The van der Waals surface area contributed by atoms with Crippen LogP contribution in [0.5, 0.6) is 0 Å². The highest BCUT2D eigenvalue weighted by Crippen LogP contribution is 2.41. The fraction of sp³-hybridized carbons (Fsp3) is 0.158. The van der Waals surface area contributed by atoms with Gasteiger partial charge in [0.1, 0.15) is 5.82 Å². The van der Waals surface area contributed by atoms with Gasteiger partial charge in [0.2, 0.25) is 0 Å². The molecule has 0 amide bonds. The minimum absolute atomic E-state index is 0.174. The van der Waals surface area contributed by atoms with E-state index in [1.54, 1.807) is 6.07 Å². The molecule has 0 aliphatic heterocycles. The first-order valence-corrected chi connectivity index (χ1v) is 6.83. The monoisotopic (exact) mass is 264 g/mol. The molecule has 0 heterocycles. The van der Waals surface area contributed by atoms with E-state index in [-0.39, 0.29) is 5.82 Å². The summed E-state index contributed by atoms with van der Waals surface area (Å²) in [6.45, 7) is 6.25. The molecule has 0 aromatic heterocycles. The van der Waals surface area contributed by atoms with Gasteiger partial charge < -0.3 is 0 Å². The Hall–Kier alpha value is -2.15. The molecular weight excluding hydrogens is 247 g/mol. The largest absolute Gasteiger partial charge is 0.207 e. The summed E-state index contributed by atoms with van der Waals surface area (Å²) in [5.74, 6) is -0.174. The van der Waals surface area contributed by atoms with Gasteiger partial charge in [0, 0.05) is 0 Å². The Labute approximate surface area is 119 Å². The Morgan fingerprint density at radius 1 is 0.800 bits per heavy atom. The predicted molar refractivity (Wildman–Crippen MR) is 83.7 cm³/mol. The second-order valence-corrected chi connectivity index (χ2v) is 5.41. The summed E-state index contributed by atoms with van der Waals surface area (Å²) in [6.07, 6.45) is 2.18. The summed E-state index contributed by atoms with van der Waals surface area (Å²) in [5.41, 5.74) is 8.16. The SMILES string of the molecule is CC1=C(C)c2cc(F)ccc2/C1=C\c1ccc(C)cc1. The third-order valence-electron chi connectivity index (χ3n) is 4.03. The van der Waals surface area contributed by atoms with Gasteiger partial charge in [-0.15, -0.1) is 0 Å². The molecule has 1 aliphatic carbocycles. The lowest BCUT2D eigenvalue weighted by Gasteiger charge is -2.04. The average Bonchev–Trinajstić information content (AvgIpc) is 2.66. The van der Waals surface area contributed by atoms with E-state index in [4.69, 9.17) is 0 Å². The summed E-state index contributed by atoms with van der Waals surface area (Å²) < 4.78 is 13.4. The lowest BCUT2D eigenvalue weighted by Crippen LogP contribution is -1.85. The number of allylic oxidation sites excluding steroid dienone is 3. The first-order valence-electron chi connectivity index (χ1n) is 6.83. The number of halogens is 1. The normalized spacial score (nSPS) is 15.9. The molecule has 0 N–H and O–H groups in total. The molecule has 0 nitrogen and oxygen atoms in total. The molecule has 1 heteroatoms. The first kappa shape index (κ1) is 12.9. The molecule has 0 bridgehead atoms. The molecule has 0 radical (unpaired) electrons. The number of hydrogen-bond acceptors (Lipinski definition) is 0. The van der Waals surface area contributed by atoms with E-state index in [1.165, 1.54) is 28.3 Å². The van der Waals surface area contributed by atoms with E-state index in [0.29, 0.717) is 0 Å². The highest BCUT2D eigenvalue weighted by Gasteiger charge is 2.21. The fourth-order valence-electron chi connectivity index (χ4n) is 2.68. The minimum atomic E-state index is -0.174. The van der Waals surface area contributed by atoms with Crippen LogP contribution in [0.25, 0.3) is 17.2 Å². The zero-order chi connectivity index (χ0) is 14.3. The van der Waals surface area contributed by atoms with Gasteiger partial charge in [-0.3, -0.25) is 0 Å². The van der Waals surface area contributed by atoms with Crippen LogP contribution >= 0.6 is 0 Å². The molecule has 2 aromatic carbocycles. The van der Waals surface area contributed by atoms with Crippen molar-refractivity contribution in [1.82, 2.24) is 0 Å². The van der Waals surface area contributed by atoms with Crippen LogP contribution in [-0.2, 0) is 0 Å². The van der Waals surface area contributed by atoms with Gasteiger partial charge in [-0.2, -0.15) is 0 Å². The van der Waals surface area contributed by atoms with Crippen molar-refractivity contribution < 1.29 is 4.39 Å². The van der Waals surface area contributed by atoms with Gasteiger partial charge in [-0.05, 0) is 72.4 Å². The smallest absolute Gasteiger partial charge is 0.123 e. The third-order valence-corrected chi connectivity index (χ3v) is 4.03. The van der Waals surface area contributed by atoms with Crippen LogP contribution in [-0.4, -0.2) is 0 Å². The van der Waals surface area contributed by atoms with Gasteiger partial charge in [-0.25, -0.2) is 4.39 Å². The molecule has 0 unspecified atom stereocenters. The maximum atomic E-state index is 13.4. The van der Waals surface area contributed by atoms with Crippen molar-refractivity contribution in [3.63, 3.8) is 0 Å². The van der Waals surface area contributed by atoms with Crippen LogP contribution in [0.15, 0.2) is 48.0 Å². The van der Waals surface area contributed by atoms with Crippen LogP contribution < -0.4 is 0 Å². The van der Waals surface area contributed by atoms with Crippen LogP contribution in [0.3, 0.4) is 0 Å². The summed E-state index contributed by atoms with van der Waals surface area (Å²) in [6, 6.07) is 13.5. The molecule has 100 valence electrons. The minimum Gasteiger partial charge on any atom is -0.207 e. The Kier molecular flexibility index (Phi) is 3.06. The summed E-state index contributed by atoms with van der Waals surface area (Å²) in [5, 5.41) is 0. The second kappa shape index (κ2) is 4.75. The second-order valence-electron chi connectivity index (χ2n) is 5.41. The number of benzene rings is 2. The van der Waals surface area contributed by atoms with Crippen molar-refractivity contribution in [3.05, 3.63) is 76.1 Å². The van der Waals surface area contributed by atoms with Gasteiger partial charge in [0.05, 0.1) is 0 Å². The van der Waals surface area contributed by atoms with Crippen molar-refractivity contribution in [1.29, 1.82) is 0 Å². The number of hydrogen-bond donors (Lipinski definition) is 0. The quantitative estimate of drug-likeness (QED) is 0.639. The van der Waals surface area contributed by atoms with Crippen LogP contribution in [0.2, 0.25) is 0 Å². The predicted octanol–water partition coefficient (Wildman–Crippen LogP) is 5.48. The van der Waals surface area contributed by atoms with Crippen molar-refractivity contribution in [3.8, 4) is 0 Å². The molecular formula is C19H17F. The highest BCUT2D eigenvalue weighted by molar-refractivity contribution is 6.04. The molecule has 20 heavy (non-hydrogen) atoms. The van der Waals surface area contributed by atoms with E-state index >= 15 is 0 Å². The topological polar surface area (TPSA) is 0 Å². The average molecular weight is 264 g/mol. The molecule has 0 fully saturated rings. The highest BCUT2D eigenvalue weighted by atomic mass is 19.1. The number of rotatable bonds is 1. The maximum absolute atomic E-state index is 13.4. The van der Waals surface area contributed by atoms with Gasteiger partial charge in [0.25, 0.3) is 0 Å². The lowest BCUT2D eigenvalue weighted by molar-refractivity contribution is 0.627. The van der Waals surface area contributed by atoms with Crippen molar-refractivity contribution in [2.45, 2.75) is 20.8 Å². The van der Waals surface area contributed by atoms with Gasteiger partial charge in [0.15, 0.2) is 0 Å². The lowest BCUT2D eigenvalue weighted by atomic mass is 10.0. The van der Waals surface area contributed by atoms with Gasteiger partial charge in [-0.1, -0.05) is 35.9 Å². The fourth-order valence-corrected chi connectivity index (χ4v) is 2.68. The summed E-state index contributed by atoms with van der Waals surface area (Å²) in [7, 11) is 0. The Morgan fingerprint density at radius 2 is 1.50 bits per heavy atom. The first-order chi connectivity index (χ1) is 9.56. The van der Waals surface area contributed by atoms with Crippen molar-refractivity contribution >= 4 is 17.2 Å². The molecule has 2 aromatic rings. The van der Waals surface area contributed by atoms with Crippen molar-refractivity contribution in [2.75, 3.05) is 0 Å². The maximum Gasteiger partial charge on any atom is 0.123 e. The molecule has 0 saturated heterocycles. The zero-order valence-electron chi connectivity index (χ0n) is 12.0. The molecule has 0 saturated carbocycles. The van der Waals surface area contributed by atoms with E-state index in [1.807, 2.05) is 6.07 Å². The van der Waals surface area contributed by atoms with Crippen LogP contribution in [0.1, 0.15) is 36.1 Å². The van der Waals surface area contributed by atoms with E-state index in [2.05, 4.69) is 51.1 Å². The standard InChI is InChI=1S/C19H17F/c1-12-4-6-15(7-5-12)10-18-13(2)14(3)19-11-16(20)8-9-17(18)19/h4-11H,1-3H3/b18-10-. The number of fused-ring (bicyclic) bond motifs is 1. The molecule has 3 rings (SSSR count). The summed E-state index contributed by atoms with van der Waals surface area (Å²) in [4.78, 5) is 0. The zero-order valence-corrected chi connectivity index (χ0v) is 12.0. The van der Waals surface area contributed by atoms with Crippen molar-refractivity contribution in [2.24, 2.45) is 0 Å². The van der Waals surface area contributed by atoms with Crippen LogP contribution in [0, 0.1) is 12.7 Å². The Bertz CT molecular complexity index is 731. The summed E-state index contributed by atoms with van der Waals surface area (Å²) >= 11 is 0. The van der Waals surface area contributed by atoms with E-state index in [9.17, 15) is 4.39 Å². The van der Waals surface area contributed by atoms with E-state index in [0.717, 1.165) is 16.7 Å². The van der Waals surface area contributed by atoms with E-state index < -0.39 is 0 Å². The third kappa shape index (κ3) is 2.09. The molecule has 0 spiro atoms. The van der Waals surface area contributed by atoms with Crippen LogP contribution in [0.4, 0.5) is 4.39 Å². The molecule has 1 aliphatic rings. The molecule has 0 atom stereocenters. The Morgan fingerprint density at radius 3 is 2.20 bits per heavy atom. The van der Waals surface area contributed by atoms with Gasteiger partial charge >= 0.3 is 0 Å².